The molecular weight excluding hydrogens is 403 g/mol. The van der Waals surface area contributed by atoms with E-state index in [1.54, 1.807) is 66.9 Å². The topological polar surface area (TPSA) is 66.9 Å². The molecule has 1 heterocycles. The summed E-state index contributed by atoms with van der Waals surface area (Å²) >= 11 is 5.96. The highest BCUT2D eigenvalue weighted by Gasteiger charge is 2.09. The zero-order chi connectivity index (χ0) is 20.9. The third kappa shape index (κ3) is 4.79. The number of benzene rings is 3. The second-order valence-electron chi connectivity index (χ2n) is 6.45. The third-order valence-corrected chi connectivity index (χ3v) is 4.45. The SMILES string of the molecule is O=C(Nc1cccc(Cl)c1)c1cccc(Nc2ccnc(-c3cccc(F)c3)n2)c1. The van der Waals surface area contributed by atoms with Crippen LogP contribution in [0.15, 0.2) is 85.1 Å². The number of carbonyl (C=O) groups is 1. The number of carbonyl (C=O) groups excluding carboxylic acids is 1. The number of nitrogens with zero attached hydrogens (tertiary/aromatic N) is 2. The van der Waals surface area contributed by atoms with Crippen molar-refractivity contribution in [2.24, 2.45) is 0 Å². The summed E-state index contributed by atoms with van der Waals surface area (Å²) in [6.45, 7) is 0. The van der Waals surface area contributed by atoms with Gasteiger partial charge in [-0.1, -0.05) is 35.9 Å². The summed E-state index contributed by atoms with van der Waals surface area (Å²) in [6.07, 6.45) is 1.59. The van der Waals surface area contributed by atoms with E-state index < -0.39 is 0 Å². The summed E-state index contributed by atoms with van der Waals surface area (Å²) in [5, 5.41) is 6.51. The lowest BCUT2D eigenvalue weighted by Gasteiger charge is -2.10. The van der Waals surface area contributed by atoms with E-state index in [9.17, 15) is 9.18 Å². The first kappa shape index (κ1) is 19.5. The Morgan fingerprint density at radius 3 is 2.53 bits per heavy atom. The second-order valence-corrected chi connectivity index (χ2v) is 6.88. The van der Waals surface area contributed by atoms with E-state index in [1.807, 2.05) is 6.07 Å². The normalized spacial score (nSPS) is 10.5. The van der Waals surface area contributed by atoms with Crippen LogP contribution in [0.1, 0.15) is 10.4 Å². The molecule has 0 bridgehead atoms. The molecule has 0 spiro atoms. The lowest BCUT2D eigenvalue weighted by atomic mass is 10.1. The third-order valence-electron chi connectivity index (χ3n) is 4.22. The van der Waals surface area contributed by atoms with Crippen LogP contribution in [0.5, 0.6) is 0 Å². The van der Waals surface area contributed by atoms with Gasteiger partial charge in [-0.3, -0.25) is 4.79 Å². The van der Waals surface area contributed by atoms with E-state index in [1.165, 1.54) is 12.1 Å². The van der Waals surface area contributed by atoms with Crippen LogP contribution in [0.4, 0.5) is 21.6 Å². The largest absolute Gasteiger partial charge is 0.340 e. The number of rotatable bonds is 5. The van der Waals surface area contributed by atoms with E-state index in [2.05, 4.69) is 20.6 Å². The molecule has 5 nitrogen and oxygen atoms in total. The summed E-state index contributed by atoms with van der Waals surface area (Å²) in [5.41, 5.74) is 2.34. The quantitative estimate of drug-likeness (QED) is 0.421. The van der Waals surface area contributed by atoms with Crippen LogP contribution in [0.2, 0.25) is 5.02 Å². The minimum Gasteiger partial charge on any atom is -0.340 e. The van der Waals surface area contributed by atoms with Crippen molar-refractivity contribution >= 4 is 34.7 Å². The Bertz CT molecular complexity index is 1210. The fourth-order valence-corrected chi connectivity index (χ4v) is 3.04. The molecule has 148 valence electrons. The van der Waals surface area contributed by atoms with Gasteiger partial charge in [0.1, 0.15) is 11.6 Å². The lowest BCUT2D eigenvalue weighted by Crippen LogP contribution is -2.12. The molecular formula is C23H16ClFN4O. The number of halogens is 2. The predicted molar refractivity (Wildman–Crippen MR) is 117 cm³/mol. The van der Waals surface area contributed by atoms with Gasteiger partial charge in [0.25, 0.3) is 5.91 Å². The Hall–Kier alpha value is -3.77. The highest BCUT2D eigenvalue weighted by molar-refractivity contribution is 6.31. The Kier molecular flexibility index (Phi) is 5.68. The van der Waals surface area contributed by atoms with Crippen molar-refractivity contribution in [1.82, 2.24) is 9.97 Å². The zero-order valence-electron chi connectivity index (χ0n) is 15.6. The molecule has 0 radical (unpaired) electrons. The maximum absolute atomic E-state index is 13.5. The van der Waals surface area contributed by atoms with Crippen molar-refractivity contribution in [3.8, 4) is 11.4 Å². The molecule has 0 saturated heterocycles. The molecule has 1 amide bonds. The number of nitrogens with one attached hydrogen (secondary N) is 2. The van der Waals surface area contributed by atoms with Gasteiger partial charge in [0, 0.05) is 33.7 Å². The summed E-state index contributed by atoms with van der Waals surface area (Å²) in [7, 11) is 0. The van der Waals surface area contributed by atoms with Gasteiger partial charge in [-0.2, -0.15) is 0 Å². The summed E-state index contributed by atoms with van der Waals surface area (Å²) in [6, 6.07) is 21.7. The Labute approximate surface area is 177 Å². The minimum atomic E-state index is -0.354. The van der Waals surface area contributed by atoms with Crippen LogP contribution in [-0.4, -0.2) is 15.9 Å². The molecule has 0 saturated carbocycles. The number of aromatic nitrogens is 2. The fourth-order valence-electron chi connectivity index (χ4n) is 2.85. The van der Waals surface area contributed by atoms with Gasteiger partial charge in [0.15, 0.2) is 5.82 Å². The van der Waals surface area contributed by atoms with Crippen molar-refractivity contribution in [2.45, 2.75) is 0 Å². The first-order chi connectivity index (χ1) is 14.6. The molecule has 7 heteroatoms. The molecule has 30 heavy (non-hydrogen) atoms. The van der Waals surface area contributed by atoms with Gasteiger partial charge in [0.05, 0.1) is 0 Å². The number of hydrogen-bond acceptors (Lipinski definition) is 4. The first-order valence-electron chi connectivity index (χ1n) is 9.10. The van der Waals surface area contributed by atoms with Crippen LogP contribution in [-0.2, 0) is 0 Å². The van der Waals surface area contributed by atoms with Crippen molar-refractivity contribution < 1.29 is 9.18 Å². The molecule has 0 atom stereocenters. The first-order valence-corrected chi connectivity index (χ1v) is 9.48. The summed E-state index contributed by atoms with van der Waals surface area (Å²) in [5.74, 6) is 0.308. The molecule has 0 aliphatic heterocycles. The van der Waals surface area contributed by atoms with Crippen LogP contribution in [0.3, 0.4) is 0 Å². The molecule has 4 aromatic rings. The van der Waals surface area contributed by atoms with Crippen molar-refractivity contribution in [2.75, 3.05) is 10.6 Å². The zero-order valence-corrected chi connectivity index (χ0v) is 16.4. The molecule has 1 aromatic heterocycles. The van der Waals surface area contributed by atoms with E-state index in [0.717, 1.165) is 0 Å². The van der Waals surface area contributed by atoms with Crippen molar-refractivity contribution in [3.63, 3.8) is 0 Å². The molecule has 0 fully saturated rings. The Morgan fingerprint density at radius 2 is 1.70 bits per heavy atom. The van der Waals surface area contributed by atoms with Crippen LogP contribution >= 0.6 is 11.6 Å². The number of amides is 1. The van der Waals surface area contributed by atoms with Gasteiger partial charge >= 0.3 is 0 Å². The minimum absolute atomic E-state index is 0.260. The molecule has 0 aliphatic rings. The van der Waals surface area contributed by atoms with Crippen LogP contribution in [0, 0.1) is 5.82 Å². The van der Waals surface area contributed by atoms with Gasteiger partial charge in [0.2, 0.25) is 0 Å². The lowest BCUT2D eigenvalue weighted by molar-refractivity contribution is 0.102. The van der Waals surface area contributed by atoms with Gasteiger partial charge in [-0.05, 0) is 54.6 Å². The molecule has 0 unspecified atom stereocenters. The van der Waals surface area contributed by atoms with E-state index in [0.29, 0.717) is 39.2 Å². The highest BCUT2D eigenvalue weighted by Crippen LogP contribution is 2.21. The average Bonchev–Trinajstić information content (AvgIpc) is 2.74. The molecule has 2 N–H and O–H groups in total. The second kappa shape index (κ2) is 8.71. The summed E-state index contributed by atoms with van der Waals surface area (Å²) in [4.78, 5) is 21.2. The van der Waals surface area contributed by atoms with E-state index in [4.69, 9.17) is 11.6 Å². The van der Waals surface area contributed by atoms with E-state index >= 15 is 0 Å². The standard InChI is InChI=1S/C23H16ClFN4O/c24-17-6-3-9-20(14-17)28-23(30)16-5-2-8-19(13-16)27-21-10-11-26-22(29-21)15-4-1-7-18(25)12-15/h1-14H,(H,28,30)(H,26,27,29). The number of hydrogen-bond donors (Lipinski definition) is 2. The summed E-state index contributed by atoms with van der Waals surface area (Å²) < 4.78 is 13.5. The van der Waals surface area contributed by atoms with Gasteiger partial charge < -0.3 is 10.6 Å². The number of anilines is 3. The maximum atomic E-state index is 13.5. The maximum Gasteiger partial charge on any atom is 0.255 e. The fraction of sp³-hybridized carbons (Fsp3) is 0. The highest BCUT2D eigenvalue weighted by atomic mass is 35.5. The smallest absolute Gasteiger partial charge is 0.255 e. The van der Waals surface area contributed by atoms with Gasteiger partial charge in [-0.25, -0.2) is 14.4 Å². The molecule has 4 rings (SSSR count). The Morgan fingerprint density at radius 1 is 0.900 bits per heavy atom. The van der Waals surface area contributed by atoms with Crippen LogP contribution in [0.25, 0.3) is 11.4 Å². The Balaban J connectivity index is 1.52. The monoisotopic (exact) mass is 418 g/mol. The van der Waals surface area contributed by atoms with Gasteiger partial charge in [-0.15, -0.1) is 0 Å². The van der Waals surface area contributed by atoms with Crippen molar-refractivity contribution in [3.05, 3.63) is 101 Å². The molecule has 0 aliphatic carbocycles. The average molecular weight is 419 g/mol. The van der Waals surface area contributed by atoms with Crippen LogP contribution < -0.4 is 10.6 Å². The predicted octanol–water partition coefficient (Wildman–Crippen LogP) is 5.93. The van der Waals surface area contributed by atoms with Crippen molar-refractivity contribution in [1.29, 1.82) is 0 Å². The van der Waals surface area contributed by atoms with E-state index in [-0.39, 0.29) is 11.7 Å². The molecule has 3 aromatic carbocycles.